The Morgan fingerprint density at radius 1 is 1.08 bits per heavy atom. The molecule has 0 N–H and O–H groups in total. The summed E-state index contributed by atoms with van der Waals surface area (Å²) in [5.41, 5.74) is 2.23. The maximum Gasteiger partial charge on any atom is 0.282 e. The Bertz CT molecular complexity index is 1610. The number of non-ortho nitro benzene ring substituents is 1. The molecule has 1 fully saturated rings. The van der Waals surface area contributed by atoms with Crippen LogP contribution in [0.15, 0.2) is 69.0 Å². The van der Waals surface area contributed by atoms with Gasteiger partial charge >= 0.3 is 0 Å². The largest absolute Gasteiger partial charge is 0.487 e. The molecule has 0 amide bonds. The second kappa shape index (κ2) is 12.4. The number of rotatable bonds is 7. The zero-order valence-electron chi connectivity index (χ0n) is 20.6. The van der Waals surface area contributed by atoms with Gasteiger partial charge in [0, 0.05) is 22.5 Å². The molecular formula is C28H23BrI2N4O4. The topological polar surface area (TPSA) is 99.6 Å². The minimum atomic E-state index is -0.421. The highest BCUT2D eigenvalue weighted by molar-refractivity contribution is 14.1. The summed E-state index contributed by atoms with van der Waals surface area (Å²) < 4.78 is 10.1. The van der Waals surface area contributed by atoms with E-state index in [1.54, 1.807) is 24.4 Å². The molecule has 0 spiro atoms. The molecule has 1 aliphatic carbocycles. The van der Waals surface area contributed by atoms with Crippen molar-refractivity contribution in [1.82, 2.24) is 9.66 Å². The van der Waals surface area contributed by atoms with Crippen LogP contribution in [0.4, 0.5) is 5.69 Å². The number of aromatic nitrogens is 2. The van der Waals surface area contributed by atoms with Gasteiger partial charge in [0.05, 0.1) is 29.2 Å². The number of halogens is 3. The zero-order chi connectivity index (χ0) is 27.5. The lowest BCUT2D eigenvalue weighted by molar-refractivity contribution is -0.384. The van der Waals surface area contributed by atoms with Crippen molar-refractivity contribution in [1.29, 1.82) is 0 Å². The maximum absolute atomic E-state index is 13.6. The van der Waals surface area contributed by atoms with Crippen LogP contribution in [0.25, 0.3) is 10.9 Å². The molecule has 11 heteroatoms. The lowest BCUT2D eigenvalue weighted by atomic mass is 9.88. The van der Waals surface area contributed by atoms with E-state index in [1.165, 1.54) is 23.2 Å². The van der Waals surface area contributed by atoms with E-state index < -0.39 is 4.92 Å². The first kappa shape index (κ1) is 28.1. The third-order valence-corrected chi connectivity index (χ3v) is 8.77. The third kappa shape index (κ3) is 6.51. The molecule has 0 atom stereocenters. The van der Waals surface area contributed by atoms with E-state index in [4.69, 9.17) is 9.72 Å². The number of nitro groups is 1. The minimum Gasteiger partial charge on any atom is -0.487 e. The molecular weight excluding hydrogens is 790 g/mol. The molecule has 4 aromatic rings. The highest BCUT2D eigenvalue weighted by Crippen LogP contribution is 2.33. The van der Waals surface area contributed by atoms with Crippen molar-refractivity contribution in [3.8, 4) is 5.75 Å². The van der Waals surface area contributed by atoms with Crippen LogP contribution < -0.4 is 10.3 Å². The first-order chi connectivity index (χ1) is 18.8. The second-order valence-corrected chi connectivity index (χ2v) is 12.6. The van der Waals surface area contributed by atoms with Crippen LogP contribution in [0.2, 0.25) is 0 Å². The molecule has 39 heavy (non-hydrogen) atoms. The van der Waals surface area contributed by atoms with E-state index in [0.717, 1.165) is 60.0 Å². The van der Waals surface area contributed by atoms with Crippen LogP contribution in [0.5, 0.6) is 5.75 Å². The van der Waals surface area contributed by atoms with Crippen molar-refractivity contribution in [2.75, 3.05) is 0 Å². The number of nitro benzene ring substituents is 1. The molecule has 1 saturated carbocycles. The lowest BCUT2D eigenvalue weighted by Gasteiger charge is -2.22. The molecule has 1 heterocycles. The highest BCUT2D eigenvalue weighted by Gasteiger charge is 2.22. The number of benzene rings is 3. The maximum atomic E-state index is 13.6. The van der Waals surface area contributed by atoms with Gasteiger partial charge < -0.3 is 4.74 Å². The van der Waals surface area contributed by atoms with Gasteiger partial charge in [-0.1, -0.05) is 35.2 Å². The van der Waals surface area contributed by atoms with Crippen molar-refractivity contribution in [3.63, 3.8) is 0 Å². The zero-order valence-corrected chi connectivity index (χ0v) is 26.6. The summed E-state index contributed by atoms with van der Waals surface area (Å²) in [6.07, 6.45) is 7.16. The van der Waals surface area contributed by atoms with E-state index in [0.29, 0.717) is 10.9 Å². The van der Waals surface area contributed by atoms with Gasteiger partial charge in [0.2, 0.25) is 0 Å². The van der Waals surface area contributed by atoms with Gasteiger partial charge in [0.1, 0.15) is 18.2 Å². The van der Waals surface area contributed by atoms with E-state index in [2.05, 4.69) is 66.2 Å². The SMILES string of the molecule is O=c1c2cc(Br)ccc2nc(C2CCCCC2)n1N=Cc1cc(I)c(OCc2ccc([N+](=O)[O-])cc2)c(I)c1. The molecule has 0 aliphatic heterocycles. The van der Waals surface area contributed by atoms with E-state index >= 15 is 0 Å². The average molecular weight is 813 g/mol. The number of hydrogen-bond acceptors (Lipinski definition) is 6. The molecule has 1 aliphatic rings. The van der Waals surface area contributed by atoms with Gasteiger partial charge in [0.15, 0.2) is 0 Å². The standard InChI is InChI=1S/C28H23BrI2N4O4/c29-20-8-11-25-22(14-20)28(36)34(27(33-25)19-4-2-1-3-5-19)32-15-18-12-23(30)26(24(31)13-18)39-16-17-6-9-21(10-7-17)35(37)38/h6-15,19H,1-5,16H2. The fraction of sp³-hybridized carbons (Fsp3) is 0.250. The minimum absolute atomic E-state index is 0.0477. The van der Waals surface area contributed by atoms with Crippen LogP contribution in [-0.4, -0.2) is 20.8 Å². The van der Waals surface area contributed by atoms with Crippen LogP contribution in [0, 0.1) is 17.3 Å². The van der Waals surface area contributed by atoms with Crippen molar-refractivity contribution in [2.24, 2.45) is 5.10 Å². The van der Waals surface area contributed by atoms with Crippen LogP contribution >= 0.6 is 61.1 Å². The van der Waals surface area contributed by atoms with Crippen LogP contribution in [-0.2, 0) is 6.61 Å². The first-order valence-corrected chi connectivity index (χ1v) is 15.4. The quantitative estimate of drug-likeness (QED) is 0.0822. The predicted molar refractivity (Wildman–Crippen MR) is 172 cm³/mol. The Morgan fingerprint density at radius 3 is 2.44 bits per heavy atom. The fourth-order valence-corrected chi connectivity index (χ4v) is 7.18. The van der Waals surface area contributed by atoms with Crippen LogP contribution in [0.1, 0.15) is 55.0 Å². The Kier molecular flexibility index (Phi) is 8.96. The lowest BCUT2D eigenvalue weighted by Crippen LogP contribution is -2.25. The first-order valence-electron chi connectivity index (χ1n) is 12.4. The molecule has 3 aromatic carbocycles. The van der Waals surface area contributed by atoms with E-state index in [1.807, 2.05) is 24.3 Å². The molecule has 1 aromatic heterocycles. The second-order valence-electron chi connectivity index (χ2n) is 9.35. The Morgan fingerprint density at radius 2 is 1.77 bits per heavy atom. The average Bonchev–Trinajstić information content (AvgIpc) is 2.93. The van der Waals surface area contributed by atoms with Crippen molar-refractivity contribution in [3.05, 3.63) is 104 Å². The van der Waals surface area contributed by atoms with Gasteiger partial charge in [-0.15, -0.1) is 0 Å². The summed E-state index contributed by atoms with van der Waals surface area (Å²) in [7, 11) is 0. The van der Waals surface area contributed by atoms with Crippen molar-refractivity contribution < 1.29 is 9.66 Å². The van der Waals surface area contributed by atoms with E-state index in [9.17, 15) is 14.9 Å². The number of hydrogen-bond donors (Lipinski definition) is 0. The molecule has 0 saturated heterocycles. The number of fused-ring (bicyclic) bond motifs is 1. The van der Waals surface area contributed by atoms with Gasteiger partial charge in [-0.05, 0) is 112 Å². The molecule has 8 nitrogen and oxygen atoms in total. The molecule has 5 rings (SSSR count). The van der Waals surface area contributed by atoms with Gasteiger partial charge in [-0.2, -0.15) is 9.78 Å². The molecule has 200 valence electrons. The van der Waals surface area contributed by atoms with Gasteiger partial charge in [-0.3, -0.25) is 14.9 Å². The third-order valence-electron chi connectivity index (χ3n) is 6.68. The van der Waals surface area contributed by atoms with E-state index in [-0.39, 0.29) is 23.8 Å². The van der Waals surface area contributed by atoms with Gasteiger partial charge in [-0.25, -0.2) is 4.98 Å². The molecule has 0 bridgehead atoms. The van der Waals surface area contributed by atoms with Crippen molar-refractivity contribution >= 4 is 83.9 Å². The number of ether oxygens (including phenoxy) is 1. The highest BCUT2D eigenvalue weighted by atomic mass is 127. The molecule has 0 unspecified atom stereocenters. The summed E-state index contributed by atoms with van der Waals surface area (Å²) in [4.78, 5) is 28.9. The smallest absolute Gasteiger partial charge is 0.282 e. The summed E-state index contributed by atoms with van der Waals surface area (Å²) >= 11 is 7.91. The Hall–Kier alpha value is -2.39. The summed E-state index contributed by atoms with van der Waals surface area (Å²) in [5.74, 6) is 1.65. The van der Waals surface area contributed by atoms with Crippen LogP contribution in [0.3, 0.4) is 0 Å². The monoisotopic (exact) mass is 812 g/mol. The molecule has 0 radical (unpaired) electrons. The summed E-state index contributed by atoms with van der Waals surface area (Å²) in [6, 6.07) is 15.8. The fourth-order valence-electron chi connectivity index (χ4n) is 4.69. The summed E-state index contributed by atoms with van der Waals surface area (Å²) in [5, 5.41) is 16.1. The van der Waals surface area contributed by atoms with Gasteiger partial charge in [0.25, 0.3) is 11.2 Å². The predicted octanol–water partition coefficient (Wildman–Crippen LogP) is 7.79. The number of nitrogens with zero attached hydrogens (tertiary/aromatic N) is 4. The Balaban J connectivity index is 1.43. The summed E-state index contributed by atoms with van der Waals surface area (Å²) in [6.45, 7) is 0.288. The normalized spacial score (nSPS) is 14.2. The Labute approximate surface area is 260 Å². The van der Waals surface area contributed by atoms with Crippen molar-refractivity contribution in [2.45, 2.75) is 44.6 Å².